The van der Waals surface area contributed by atoms with Gasteiger partial charge in [-0.3, -0.25) is 4.79 Å². The average molecular weight is 471 g/mol. The van der Waals surface area contributed by atoms with Gasteiger partial charge in [-0.2, -0.15) is 18.3 Å². The zero-order chi connectivity index (χ0) is 22.3. The first-order valence-electron chi connectivity index (χ1n) is 9.39. The van der Waals surface area contributed by atoms with Gasteiger partial charge in [0, 0.05) is 17.0 Å². The predicted octanol–water partition coefficient (Wildman–Crippen LogP) is 5.56. The summed E-state index contributed by atoms with van der Waals surface area (Å²) in [5.41, 5.74) is 0.626. The van der Waals surface area contributed by atoms with Crippen LogP contribution in [0.5, 0.6) is 0 Å². The summed E-state index contributed by atoms with van der Waals surface area (Å²) < 4.78 is 42.1. The van der Waals surface area contributed by atoms with Gasteiger partial charge in [0.1, 0.15) is 10.8 Å². The number of fused-ring (bicyclic) bond motifs is 1. The number of benzene rings is 1. The number of aromatic nitrogens is 2. The Morgan fingerprint density at radius 3 is 2.81 bits per heavy atom. The first-order valence-corrected chi connectivity index (χ1v) is 10.6. The van der Waals surface area contributed by atoms with Crippen LogP contribution in [0.25, 0.3) is 0 Å². The van der Waals surface area contributed by atoms with E-state index in [1.807, 2.05) is 0 Å². The van der Waals surface area contributed by atoms with Crippen molar-refractivity contribution in [3.05, 3.63) is 62.9 Å². The molecule has 2 aromatic heterocycles. The van der Waals surface area contributed by atoms with Crippen molar-refractivity contribution in [1.29, 1.82) is 0 Å². The van der Waals surface area contributed by atoms with Gasteiger partial charge in [-0.25, -0.2) is 4.68 Å². The second-order valence-electron chi connectivity index (χ2n) is 7.22. The Kier molecular flexibility index (Phi) is 5.71. The summed E-state index contributed by atoms with van der Waals surface area (Å²) in [5.74, 6) is -0.790. The summed E-state index contributed by atoms with van der Waals surface area (Å²) >= 11 is 7.66. The molecule has 0 radical (unpaired) electrons. The largest absolute Gasteiger partial charge is 0.410 e. The SMILES string of the molecule is C[C@@H](O)c1cccc(NC(=O)c2nn3c(c2Cl)N[C@@H](c2cccs2)C[C@H]3C(F)(F)F)c1. The Morgan fingerprint density at radius 2 is 2.16 bits per heavy atom. The summed E-state index contributed by atoms with van der Waals surface area (Å²) in [7, 11) is 0. The number of hydrogen-bond donors (Lipinski definition) is 3. The number of carbonyl (C=O) groups excluding carboxylic acids is 1. The van der Waals surface area contributed by atoms with Crippen LogP contribution in [-0.4, -0.2) is 27.0 Å². The van der Waals surface area contributed by atoms with Crippen LogP contribution in [0.3, 0.4) is 0 Å². The molecule has 3 N–H and O–H groups in total. The van der Waals surface area contributed by atoms with Gasteiger partial charge in [0.2, 0.25) is 0 Å². The topological polar surface area (TPSA) is 79.2 Å². The van der Waals surface area contributed by atoms with Crippen molar-refractivity contribution in [2.75, 3.05) is 10.6 Å². The monoisotopic (exact) mass is 470 g/mol. The van der Waals surface area contributed by atoms with Crippen LogP contribution in [0.1, 0.15) is 52.5 Å². The molecule has 0 saturated heterocycles. The predicted molar refractivity (Wildman–Crippen MR) is 113 cm³/mol. The second kappa shape index (κ2) is 8.18. The van der Waals surface area contributed by atoms with Gasteiger partial charge in [-0.1, -0.05) is 29.8 Å². The zero-order valence-corrected chi connectivity index (χ0v) is 17.7. The number of anilines is 2. The maximum Gasteiger partial charge on any atom is 0.410 e. The molecule has 1 amide bonds. The standard InChI is InChI=1S/C20H18ClF3N4O2S/c1-10(29)11-4-2-5-12(8-11)25-19(30)17-16(21)18-26-13(14-6-3-7-31-14)9-15(20(22,23)24)28(18)27-17/h2-8,10,13,15,26,29H,9H2,1H3,(H,25,30)/t10-,13-,15+/m1/s1. The van der Waals surface area contributed by atoms with Gasteiger partial charge in [-0.15, -0.1) is 11.3 Å². The first-order chi connectivity index (χ1) is 14.6. The molecule has 1 aliphatic heterocycles. The molecule has 164 valence electrons. The van der Waals surface area contributed by atoms with Crippen molar-refractivity contribution in [1.82, 2.24) is 9.78 Å². The Hall–Kier alpha value is -2.56. The fourth-order valence-electron chi connectivity index (χ4n) is 3.48. The van der Waals surface area contributed by atoms with Crippen LogP contribution >= 0.6 is 22.9 Å². The van der Waals surface area contributed by atoms with Crippen LogP contribution in [-0.2, 0) is 0 Å². The number of nitrogens with one attached hydrogen (secondary N) is 2. The van der Waals surface area contributed by atoms with Gasteiger partial charge < -0.3 is 15.7 Å². The van der Waals surface area contributed by atoms with E-state index in [-0.39, 0.29) is 23.0 Å². The van der Waals surface area contributed by atoms with E-state index < -0.39 is 30.3 Å². The minimum absolute atomic E-state index is 0.0449. The number of alkyl halides is 3. The fraction of sp³-hybridized carbons (Fsp3) is 0.300. The number of aliphatic hydroxyl groups is 1. The van der Waals surface area contributed by atoms with Crippen LogP contribution < -0.4 is 10.6 Å². The molecule has 0 spiro atoms. The molecule has 0 aliphatic carbocycles. The van der Waals surface area contributed by atoms with Crippen molar-refractivity contribution in [3.63, 3.8) is 0 Å². The molecule has 0 saturated carbocycles. The molecule has 3 heterocycles. The molecule has 3 atom stereocenters. The van der Waals surface area contributed by atoms with E-state index in [4.69, 9.17) is 11.6 Å². The molecule has 0 fully saturated rings. The summed E-state index contributed by atoms with van der Waals surface area (Å²) in [6, 6.07) is 7.47. The number of nitrogens with zero attached hydrogens (tertiary/aromatic N) is 2. The van der Waals surface area contributed by atoms with Crippen LogP contribution in [0, 0.1) is 0 Å². The van der Waals surface area contributed by atoms with Gasteiger partial charge in [-0.05, 0) is 36.1 Å². The lowest BCUT2D eigenvalue weighted by molar-refractivity contribution is -0.173. The van der Waals surface area contributed by atoms with Crippen LogP contribution in [0.4, 0.5) is 24.7 Å². The minimum atomic E-state index is -4.57. The number of aliphatic hydroxyl groups excluding tert-OH is 1. The number of carbonyl (C=O) groups is 1. The fourth-order valence-corrected chi connectivity index (χ4v) is 4.53. The molecule has 1 aliphatic rings. The highest BCUT2D eigenvalue weighted by molar-refractivity contribution is 7.10. The normalized spacial score (nSPS) is 19.4. The van der Waals surface area contributed by atoms with E-state index in [9.17, 15) is 23.1 Å². The number of hydrogen-bond acceptors (Lipinski definition) is 5. The number of halogens is 4. The first kappa shape index (κ1) is 21.7. The number of thiophene rings is 1. The summed E-state index contributed by atoms with van der Waals surface area (Å²) in [5, 5.41) is 20.8. The van der Waals surface area contributed by atoms with E-state index >= 15 is 0 Å². The average Bonchev–Trinajstić information content (AvgIpc) is 3.35. The van der Waals surface area contributed by atoms with E-state index in [0.29, 0.717) is 11.3 Å². The summed E-state index contributed by atoms with van der Waals surface area (Å²) in [4.78, 5) is 13.5. The lowest BCUT2D eigenvalue weighted by Gasteiger charge is -2.32. The lowest BCUT2D eigenvalue weighted by Crippen LogP contribution is -2.35. The lowest BCUT2D eigenvalue weighted by atomic mass is 10.0. The van der Waals surface area contributed by atoms with Gasteiger partial charge in [0.15, 0.2) is 11.7 Å². The van der Waals surface area contributed by atoms with Crippen LogP contribution in [0.2, 0.25) is 5.02 Å². The van der Waals surface area contributed by atoms with Crippen molar-refractivity contribution in [2.24, 2.45) is 0 Å². The second-order valence-corrected chi connectivity index (χ2v) is 8.57. The van der Waals surface area contributed by atoms with Crippen molar-refractivity contribution in [3.8, 4) is 0 Å². The van der Waals surface area contributed by atoms with Gasteiger partial charge >= 0.3 is 6.18 Å². The van der Waals surface area contributed by atoms with Gasteiger partial charge in [0.05, 0.1) is 12.1 Å². The molecule has 11 heteroatoms. The molecular formula is C20H18ClF3N4O2S. The molecule has 31 heavy (non-hydrogen) atoms. The third-order valence-electron chi connectivity index (χ3n) is 5.02. The number of amides is 1. The minimum Gasteiger partial charge on any atom is -0.389 e. The number of rotatable bonds is 4. The van der Waals surface area contributed by atoms with E-state index in [1.165, 1.54) is 11.3 Å². The maximum atomic E-state index is 13.8. The van der Waals surface area contributed by atoms with Crippen molar-refractivity contribution in [2.45, 2.75) is 37.7 Å². The zero-order valence-electron chi connectivity index (χ0n) is 16.2. The van der Waals surface area contributed by atoms with Gasteiger partial charge in [0.25, 0.3) is 5.91 Å². The molecule has 1 aromatic carbocycles. The van der Waals surface area contributed by atoms with Crippen molar-refractivity contribution < 1.29 is 23.1 Å². The van der Waals surface area contributed by atoms with E-state index in [2.05, 4.69) is 15.7 Å². The molecule has 0 unspecified atom stereocenters. The Morgan fingerprint density at radius 1 is 1.39 bits per heavy atom. The molecule has 6 nitrogen and oxygen atoms in total. The quantitative estimate of drug-likeness (QED) is 0.466. The highest BCUT2D eigenvalue weighted by atomic mass is 35.5. The van der Waals surface area contributed by atoms with Crippen LogP contribution in [0.15, 0.2) is 41.8 Å². The van der Waals surface area contributed by atoms with E-state index in [0.717, 1.165) is 9.56 Å². The smallest absolute Gasteiger partial charge is 0.389 e. The third-order valence-corrected chi connectivity index (χ3v) is 6.37. The maximum absolute atomic E-state index is 13.8. The van der Waals surface area contributed by atoms with E-state index in [1.54, 1.807) is 48.7 Å². The summed E-state index contributed by atoms with van der Waals surface area (Å²) in [6.45, 7) is 1.58. The Labute approximate surface area is 184 Å². The molecule has 0 bridgehead atoms. The molecule has 4 rings (SSSR count). The highest BCUT2D eigenvalue weighted by Crippen LogP contribution is 2.46. The Balaban J connectivity index is 1.67. The Bertz CT molecular complexity index is 1100. The highest BCUT2D eigenvalue weighted by Gasteiger charge is 2.48. The third kappa shape index (κ3) is 4.28. The summed E-state index contributed by atoms with van der Waals surface area (Å²) in [6.07, 6.45) is -5.58. The molecule has 3 aromatic rings. The van der Waals surface area contributed by atoms with Crippen molar-refractivity contribution >= 4 is 40.4 Å². The molecular weight excluding hydrogens is 453 g/mol.